The van der Waals surface area contributed by atoms with Crippen molar-refractivity contribution in [1.29, 1.82) is 0 Å². The van der Waals surface area contributed by atoms with E-state index in [1.54, 1.807) is 0 Å². The number of benzene rings is 1. The number of piperidine rings is 1. The third-order valence-electron chi connectivity index (χ3n) is 4.68. The van der Waals surface area contributed by atoms with Crippen molar-refractivity contribution in [2.45, 2.75) is 77.4 Å². The third kappa shape index (κ3) is 3.79. The number of unbranched alkanes of at least 4 members (excludes halogenated alkanes) is 1. The van der Waals surface area contributed by atoms with Crippen molar-refractivity contribution in [2.75, 3.05) is 11.4 Å². The van der Waals surface area contributed by atoms with Crippen LogP contribution in [0.25, 0.3) is 0 Å². The Balaban J connectivity index is 2.17. The molecule has 2 rings (SSSR count). The van der Waals surface area contributed by atoms with Crippen LogP contribution in [0, 0.1) is 0 Å². The lowest BCUT2D eigenvalue weighted by molar-refractivity contribution is 0.197. The maximum atomic E-state index is 3.78. The van der Waals surface area contributed by atoms with Crippen molar-refractivity contribution in [1.82, 2.24) is 5.32 Å². The van der Waals surface area contributed by atoms with Crippen LogP contribution in [0.2, 0.25) is 0 Å². The lowest BCUT2D eigenvalue weighted by Crippen LogP contribution is -2.64. The van der Waals surface area contributed by atoms with E-state index in [9.17, 15) is 0 Å². The van der Waals surface area contributed by atoms with Gasteiger partial charge in [-0.25, -0.2) is 0 Å². The lowest BCUT2D eigenvalue weighted by Gasteiger charge is -2.57. The number of nitrogens with one attached hydrogen (secondary N) is 1. The standard InChI is InChI=1S/C19H32N2/c1-6-7-13-20-16-14-18(2,3)21(19(4,5)15-16)17-11-9-8-10-12-17/h8-12,16,20H,6-7,13-15H2,1-5H3. The van der Waals surface area contributed by atoms with Crippen LogP contribution in [0.5, 0.6) is 0 Å². The molecule has 0 bridgehead atoms. The zero-order valence-electron chi connectivity index (χ0n) is 14.4. The molecule has 2 nitrogen and oxygen atoms in total. The van der Waals surface area contributed by atoms with E-state index in [0.717, 1.165) is 6.54 Å². The summed E-state index contributed by atoms with van der Waals surface area (Å²) in [7, 11) is 0. The van der Waals surface area contributed by atoms with E-state index in [4.69, 9.17) is 0 Å². The first kappa shape index (κ1) is 16.4. The van der Waals surface area contributed by atoms with Crippen LogP contribution in [0.3, 0.4) is 0 Å². The highest BCUT2D eigenvalue weighted by molar-refractivity contribution is 5.52. The van der Waals surface area contributed by atoms with Gasteiger partial charge in [-0.2, -0.15) is 0 Å². The van der Waals surface area contributed by atoms with E-state index in [0.29, 0.717) is 6.04 Å². The predicted octanol–water partition coefficient (Wildman–Crippen LogP) is 4.60. The van der Waals surface area contributed by atoms with Gasteiger partial charge in [-0.15, -0.1) is 0 Å². The van der Waals surface area contributed by atoms with Gasteiger partial charge < -0.3 is 10.2 Å². The van der Waals surface area contributed by atoms with Gasteiger partial charge in [0.05, 0.1) is 0 Å². The second kappa shape index (κ2) is 6.39. The maximum absolute atomic E-state index is 3.78. The summed E-state index contributed by atoms with van der Waals surface area (Å²) in [5, 5.41) is 3.78. The quantitative estimate of drug-likeness (QED) is 0.796. The molecular formula is C19H32N2. The molecule has 2 heteroatoms. The predicted molar refractivity (Wildman–Crippen MR) is 93.0 cm³/mol. The minimum Gasteiger partial charge on any atom is -0.361 e. The monoisotopic (exact) mass is 288 g/mol. The van der Waals surface area contributed by atoms with Crippen molar-refractivity contribution < 1.29 is 0 Å². The van der Waals surface area contributed by atoms with Gasteiger partial charge >= 0.3 is 0 Å². The molecule has 1 saturated heterocycles. The highest BCUT2D eigenvalue weighted by atomic mass is 15.3. The van der Waals surface area contributed by atoms with Crippen LogP contribution in [0.4, 0.5) is 5.69 Å². The van der Waals surface area contributed by atoms with E-state index in [1.165, 1.54) is 31.4 Å². The van der Waals surface area contributed by atoms with Crippen LogP contribution in [-0.2, 0) is 0 Å². The highest BCUT2D eigenvalue weighted by Crippen LogP contribution is 2.41. The van der Waals surface area contributed by atoms with Gasteiger partial charge in [0.2, 0.25) is 0 Å². The Hall–Kier alpha value is -1.02. The van der Waals surface area contributed by atoms with E-state index in [1.807, 2.05) is 0 Å². The molecule has 0 spiro atoms. The minimum absolute atomic E-state index is 0.174. The average molecular weight is 288 g/mol. The normalized spacial score (nSPS) is 21.5. The molecule has 1 N–H and O–H groups in total. The van der Waals surface area contributed by atoms with Gasteiger partial charge in [-0.3, -0.25) is 0 Å². The fraction of sp³-hybridized carbons (Fsp3) is 0.684. The van der Waals surface area contributed by atoms with Crippen molar-refractivity contribution in [3.8, 4) is 0 Å². The summed E-state index contributed by atoms with van der Waals surface area (Å²) in [4.78, 5) is 2.62. The first-order valence-corrected chi connectivity index (χ1v) is 8.45. The zero-order valence-corrected chi connectivity index (χ0v) is 14.4. The molecule has 21 heavy (non-hydrogen) atoms. The summed E-state index contributed by atoms with van der Waals surface area (Å²) < 4.78 is 0. The molecule has 0 amide bonds. The number of hydrogen-bond acceptors (Lipinski definition) is 2. The van der Waals surface area contributed by atoms with Gasteiger partial charge in [0.1, 0.15) is 0 Å². The smallest absolute Gasteiger partial charge is 0.0375 e. The molecule has 1 aliphatic heterocycles. The summed E-state index contributed by atoms with van der Waals surface area (Å²) in [5.74, 6) is 0. The van der Waals surface area contributed by atoms with Gasteiger partial charge in [-0.1, -0.05) is 31.5 Å². The number of rotatable bonds is 5. The van der Waals surface area contributed by atoms with Crippen molar-refractivity contribution >= 4 is 5.69 Å². The molecule has 0 radical (unpaired) electrons. The Morgan fingerprint density at radius 3 is 2.14 bits per heavy atom. The highest BCUT2D eigenvalue weighted by Gasteiger charge is 2.44. The summed E-state index contributed by atoms with van der Waals surface area (Å²) in [6.07, 6.45) is 4.95. The molecule has 0 atom stereocenters. The first-order chi connectivity index (χ1) is 9.87. The Morgan fingerprint density at radius 1 is 1.05 bits per heavy atom. The van der Waals surface area contributed by atoms with Crippen molar-refractivity contribution in [2.24, 2.45) is 0 Å². The van der Waals surface area contributed by atoms with Crippen LogP contribution in [0.1, 0.15) is 60.3 Å². The third-order valence-corrected chi connectivity index (χ3v) is 4.68. The van der Waals surface area contributed by atoms with Crippen LogP contribution >= 0.6 is 0 Å². The van der Waals surface area contributed by atoms with Gasteiger partial charge in [0.15, 0.2) is 0 Å². The van der Waals surface area contributed by atoms with Gasteiger partial charge in [-0.05, 0) is 65.6 Å². The van der Waals surface area contributed by atoms with Crippen LogP contribution < -0.4 is 10.2 Å². The van der Waals surface area contributed by atoms with Crippen LogP contribution in [-0.4, -0.2) is 23.7 Å². The molecule has 0 saturated carbocycles. The van der Waals surface area contributed by atoms with E-state index in [2.05, 4.69) is 75.2 Å². The summed E-state index contributed by atoms with van der Waals surface area (Å²) in [6.45, 7) is 12.9. The summed E-state index contributed by atoms with van der Waals surface area (Å²) in [5.41, 5.74) is 1.69. The Kier molecular flexibility index (Phi) is 4.98. The summed E-state index contributed by atoms with van der Waals surface area (Å²) in [6, 6.07) is 11.5. The molecule has 1 fully saturated rings. The van der Waals surface area contributed by atoms with E-state index < -0.39 is 0 Å². The summed E-state index contributed by atoms with van der Waals surface area (Å²) >= 11 is 0. The maximum Gasteiger partial charge on any atom is 0.0375 e. The zero-order chi connectivity index (χ0) is 15.5. The van der Waals surface area contributed by atoms with Crippen molar-refractivity contribution in [3.63, 3.8) is 0 Å². The van der Waals surface area contributed by atoms with Crippen LogP contribution in [0.15, 0.2) is 30.3 Å². The average Bonchev–Trinajstić information content (AvgIpc) is 2.37. The molecule has 1 aromatic carbocycles. The fourth-order valence-electron chi connectivity index (χ4n) is 4.18. The fourth-order valence-corrected chi connectivity index (χ4v) is 4.18. The second-order valence-electron chi connectivity index (χ2n) is 7.71. The molecule has 0 aliphatic carbocycles. The lowest BCUT2D eigenvalue weighted by atomic mass is 9.76. The molecule has 0 unspecified atom stereocenters. The molecule has 0 aromatic heterocycles. The number of para-hydroxylation sites is 1. The van der Waals surface area contributed by atoms with E-state index in [-0.39, 0.29) is 11.1 Å². The van der Waals surface area contributed by atoms with Gasteiger partial charge in [0.25, 0.3) is 0 Å². The van der Waals surface area contributed by atoms with Crippen molar-refractivity contribution in [3.05, 3.63) is 30.3 Å². The molecular weight excluding hydrogens is 256 g/mol. The second-order valence-corrected chi connectivity index (χ2v) is 7.71. The van der Waals surface area contributed by atoms with E-state index >= 15 is 0 Å². The largest absolute Gasteiger partial charge is 0.361 e. The minimum atomic E-state index is 0.174. The Labute approximate surface area is 130 Å². The molecule has 1 heterocycles. The Bertz CT molecular complexity index is 418. The Morgan fingerprint density at radius 2 is 1.62 bits per heavy atom. The molecule has 1 aromatic rings. The SMILES string of the molecule is CCCCNC1CC(C)(C)N(c2ccccc2)C(C)(C)C1. The first-order valence-electron chi connectivity index (χ1n) is 8.45. The number of hydrogen-bond donors (Lipinski definition) is 1. The molecule has 1 aliphatic rings. The topological polar surface area (TPSA) is 15.3 Å². The van der Waals surface area contributed by atoms with Gasteiger partial charge in [0, 0.05) is 22.8 Å². The number of nitrogens with zero attached hydrogens (tertiary/aromatic N) is 1. The molecule has 118 valence electrons. The number of anilines is 1.